The number of pyridine rings is 1. The highest BCUT2D eigenvalue weighted by atomic mass is 16.5. The largest absolute Gasteiger partial charge is 0.464 e. The lowest BCUT2D eigenvalue weighted by atomic mass is 10.3. The number of nitrogens with zero attached hydrogens (tertiary/aromatic N) is 3. The second kappa shape index (κ2) is 6.74. The lowest BCUT2D eigenvalue weighted by Crippen LogP contribution is -2.37. The maximum Gasteiger partial charge on any atom is 0.356 e. The molecule has 1 aromatic rings. The van der Waals surface area contributed by atoms with Crippen LogP contribution in [0.2, 0.25) is 0 Å². The molecule has 0 bridgehead atoms. The van der Waals surface area contributed by atoms with Gasteiger partial charge in [0.05, 0.1) is 19.3 Å². The van der Waals surface area contributed by atoms with E-state index in [0.29, 0.717) is 18.1 Å². The lowest BCUT2D eigenvalue weighted by Gasteiger charge is -2.24. The number of carbonyl (C=O) groups is 2. The summed E-state index contributed by atoms with van der Waals surface area (Å²) in [6.45, 7) is 2.57. The molecule has 1 heterocycles. The van der Waals surface area contributed by atoms with Crippen molar-refractivity contribution in [3.8, 4) is 0 Å². The minimum Gasteiger partial charge on any atom is -0.464 e. The highest BCUT2D eigenvalue weighted by molar-refractivity contribution is 5.89. The molecule has 0 radical (unpaired) electrons. The monoisotopic (exact) mass is 280 g/mol. The van der Waals surface area contributed by atoms with E-state index in [-0.39, 0.29) is 18.1 Å². The number of nitrogens with two attached hydrogens (primary N) is 1. The quantitative estimate of drug-likeness (QED) is 0.784. The van der Waals surface area contributed by atoms with Crippen molar-refractivity contribution in [3.63, 3.8) is 0 Å². The van der Waals surface area contributed by atoms with Crippen molar-refractivity contribution in [2.45, 2.75) is 6.92 Å². The van der Waals surface area contributed by atoms with Gasteiger partial charge in [0.25, 0.3) is 0 Å². The van der Waals surface area contributed by atoms with E-state index < -0.39 is 5.97 Å². The average Bonchev–Trinajstić information content (AvgIpc) is 2.44. The number of rotatable bonds is 5. The van der Waals surface area contributed by atoms with E-state index in [2.05, 4.69) is 9.72 Å². The van der Waals surface area contributed by atoms with Crippen LogP contribution in [-0.4, -0.2) is 56.1 Å². The van der Waals surface area contributed by atoms with E-state index in [9.17, 15) is 9.59 Å². The number of hydrogen-bond acceptors (Lipinski definition) is 6. The zero-order chi connectivity index (χ0) is 15.3. The molecule has 1 amide bonds. The molecule has 20 heavy (non-hydrogen) atoms. The molecule has 0 aliphatic heterocycles. The number of ether oxygens (including phenoxy) is 1. The molecule has 0 aliphatic rings. The van der Waals surface area contributed by atoms with Crippen LogP contribution in [0.3, 0.4) is 0 Å². The summed E-state index contributed by atoms with van der Waals surface area (Å²) in [5.74, 6) is -0.205. The molecule has 7 nitrogen and oxygen atoms in total. The first-order valence-electron chi connectivity index (χ1n) is 6.20. The fraction of sp³-hybridized carbons (Fsp3) is 0.462. The van der Waals surface area contributed by atoms with E-state index in [1.165, 1.54) is 18.1 Å². The Kier molecular flexibility index (Phi) is 5.31. The van der Waals surface area contributed by atoms with Crippen LogP contribution in [0.1, 0.15) is 17.4 Å². The molecular weight excluding hydrogens is 260 g/mol. The molecule has 0 aromatic carbocycles. The summed E-state index contributed by atoms with van der Waals surface area (Å²) in [5, 5.41) is 0. The van der Waals surface area contributed by atoms with Crippen LogP contribution in [0.5, 0.6) is 0 Å². The Labute approximate surface area is 118 Å². The molecule has 0 unspecified atom stereocenters. The number of methoxy groups -OCH3 is 1. The summed E-state index contributed by atoms with van der Waals surface area (Å²) in [4.78, 5) is 30.7. The van der Waals surface area contributed by atoms with Gasteiger partial charge in [0.2, 0.25) is 5.91 Å². The number of carbonyl (C=O) groups excluding carboxylic acids is 2. The van der Waals surface area contributed by atoms with Crippen LogP contribution in [0.4, 0.5) is 11.5 Å². The van der Waals surface area contributed by atoms with Gasteiger partial charge in [-0.3, -0.25) is 4.79 Å². The molecule has 2 N–H and O–H groups in total. The lowest BCUT2D eigenvalue weighted by molar-refractivity contribution is -0.127. The van der Waals surface area contributed by atoms with Crippen molar-refractivity contribution in [1.29, 1.82) is 0 Å². The standard InChI is InChI=1S/C13H20N4O3/c1-5-17(8-11(18)16(2)3)12-9(14)6-7-10(15-12)13(19)20-4/h6-7H,5,8,14H2,1-4H3. The first-order valence-corrected chi connectivity index (χ1v) is 6.20. The van der Waals surface area contributed by atoms with Crippen molar-refractivity contribution >= 4 is 23.4 Å². The minimum atomic E-state index is -0.541. The zero-order valence-electron chi connectivity index (χ0n) is 12.2. The molecule has 0 spiro atoms. The van der Waals surface area contributed by atoms with Gasteiger partial charge in [-0.15, -0.1) is 0 Å². The minimum absolute atomic E-state index is 0.0727. The number of aromatic nitrogens is 1. The molecule has 7 heteroatoms. The zero-order valence-corrected chi connectivity index (χ0v) is 12.2. The highest BCUT2D eigenvalue weighted by Crippen LogP contribution is 2.21. The van der Waals surface area contributed by atoms with Gasteiger partial charge in [0.15, 0.2) is 11.5 Å². The molecule has 110 valence electrons. The summed E-state index contributed by atoms with van der Waals surface area (Å²) in [6.07, 6.45) is 0. The Morgan fingerprint density at radius 2 is 2.00 bits per heavy atom. The first kappa shape index (κ1) is 15.7. The molecular formula is C13H20N4O3. The van der Waals surface area contributed by atoms with Gasteiger partial charge in [-0.25, -0.2) is 9.78 Å². The van der Waals surface area contributed by atoms with E-state index in [1.807, 2.05) is 6.92 Å². The van der Waals surface area contributed by atoms with Gasteiger partial charge in [-0.2, -0.15) is 0 Å². The van der Waals surface area contributed by atoms with Gasteiger partial charge >= 0.3 is 5.97 Å². The highest BCUT2D eigenvalue weighted by Gasteiger charge is 2.17. The van der Waals surface area contributed by atoms with Crippen molar-refractivity contribution in [3.05, 3.63) is 17.8 Å². The summed E-state index contributed by atoms with van der Waals surface area (Å²) in [7, 11) is 4.64. The molecule has 1 rings (SSSR count). The number of esters is 1. The normalized spacial score (nSPS) is 10.0. The van der Waals surface area contributed by atoms with Crippen LogP contribution >= 0.6 is 0 Å². The van der Waals surface area contributed by atoms with E-state index in [1.54, 1.807) is 25.1 Å². The van der Waals surface area contributed by atoms with Crippen LogP contribution in [-0.2, 0) is 9.53 Å². The molecule has 0 saturated heterocycles. The molecule has 0 atom stereocenters. The Morgan fingerprint density at radius 3 is 2.50 bits per heavy atom. The fourth-order valence-electron chi connectivity index (χ4n) is 1.57. The van der Waals surface area contributed by atoms with Crippen LogP contribution in [0.25, 0.3) is 0 Å². The predicted octanol–water partition coefficient (Wildman–Crippen LogP) is 0.365. The van der Waals surface area contributed by atoms with Crippen molar-refractivity contribution in [2.75, 3.05) is 44.9 Å². The summed E-state index contributed by atoms with van der Waals surface area (Å²) >= 11 is 0. The number of likely N-dealkylation sites (N-methyl/N-ethyl adjacent to an activating group) is 2. The molecule has 0 saturated carbocycles. The maximum absolute atomic E-state index is 11.8. The van der Waals surface area contributed by atoms with Crippen molar-refractivity contribution < 1.29 is 14.3 Å². The van der Waals surface area contributed by atoms with E-state index >= 15 is 0 Å². The topological polar surface area (TPSA) is 88.8 Å². The van der Waals surface area contributed by atoms with Crippen LogP contribution < -0.4 is 10.6 Å². The number of nitrogen functional groups attached to an aromatic ring is 1. The van der Waals surface area contributed by atoms with Gasteiger partial charge < -0.3 is 20.3 Å². The summed E-state index contributed by atoms with van der Waals surface area (Å²) < 4.78 is 4.63. The fourth-order valence-corrected chi connectivity index (χ4v) is 1.57. The first-order chi connectivity index (χ1) is 9.40. The van der Waals surface area contributed by atoms with Crippen LogP contribution in [0, 0.1) is 0 Å². The molecule has 1 aromatic heterocycles. The Hall–Kier alpha value is -2.31. The summed E-state index contributed by atoms with van der Waals surface area (Å²) in [6, 6.07) is 3.07. The third-order valence-corrected chi connectivity index (χ3v) is 2.81. The Morgan fingerprint density at radius 1 is 1.35 bits per heavy atom. The van der Waals surface area contributed by atoms with E-state index in [4.69, 9.17) is 5.73 Å². The van der Waals surface area contributed by atoms with E-state index in [0.717, 1.165) is 0 Å². The number of hydrogen-bond donors (Lipinski definition) is 1. The Bertz CT molecular complexity index is 502. The SMILES string of the molecule is CCN(CC(=O)N(C)C)c1nc(C(=O)OC)ccc1N. The van der Waals surface area contributed by atoms with Crippen molar-refractivity contribution in [2.24, 2.45) is 0 Å². The molecule has 0 fully saturated rings. The summed E-state index contributed by atoms with van der Waals surface area (Å²) in [5.41, 5.74) is 6.45. The van der Waals surface area contributed by atoms with Gasteiger partial charge in [0.1, 0.15) is 0 Å². The predicted molar refractivity (Wildman–Crippen MR) is 76.6 cm³/mol. The second-order valence-electron chi connectivity index (χ2n) is 4.40. The van der Waals surface area contributed by atoms with Gasteiger partial charge in [0, 0.05) is 20.6 Å². The smallest absolute Gasteiger partial charge is 0.356 e. The molecule has 0 aliphatic carbocycles. The average molecular weight is 280 g/mol. The Balaban J connectivity index is 3.08. The second-order valence-corrected chi connectivity index (χ2v) is 4.40. The van der Waals surface area contributed by atoms with Gasteiger partial charge in [-0.1, -0.05) is 0 Å². The van der Waals surface area contributed by atoms with Crippen molar-refractivity contribution in [1.82, 2.24) is 9.88 Å². The van der Waals surface area contributed by atoms with Gasteiger partial charge in [-0.05, 0) is 19.1 Å². The number of anilines is 2. The third-order valence-electron chi connectivity index (χ3n) is 2.81. The maximum atomic E-state index is 11.8. The van der Waals surface area contributed by atoms with Crippen LogP contribution in [0.15, 0.2) is 12.1 Å². The number of amides is 1. The third kappa shape index (κ3) is 3.59.